The predicted molar refractivity (Wildman–Crippen MR) is 87.6 cm³/mol. The highest BCUT2D eigenvalue weighted by Crippen LogP contribution is 2.30. The van der Waals surface area contributed by atoms with Gasteiger partial charge in [-0.1, -0.05) is 29.8 Å². The number of rotatable bonds is 3. The molecule has 0 unspecified atom stereocenters. The van der Waals surface area contributed by atoms with Gasteiger partial charge >= 0.3 is 7.12 Å². The number of benzene rings is 2. The van der Waals surface area contributed by atoms with Gasteiger partial charge in [-0.25, -0.2) is 0 Å². The number of carbonyl (C=O) groups excluding carboxylic acids is 1. The van der Waals surface area contributed by atoms with E-state index in [0.717, 1.165) is 16.6 Å². The quantitative estimate of drug-likeness (QED) is 0.700. The molecule has 1 heterocycles. The van der Waals surface area contributed by atoms with Crippen molar-refractivity contribution >= 4 is 30.0 Å². The molecule has 22 heavy (non-hydrogen) atoms. The van der Waals surface area contributed by atoms with Crippen LogP contribution in [0.15, 0.2) is 42.5 Å². The van der Waals surface area contributed by atoms with Crippen molar-refractivity contribution < 1.29 is 14.5 Å². The standard InChI is InChI=1S/C17H16BClO3/c1-17(2)14-8-3-11(9-15(14)18(21)22-17)10-16(20)12-4-6-13(19)7-5-12/h3-9,21H,10H2,1-2H3. The van der Waals surface area contributed by atoms with Crippen LogP contribution in [0.5, 0.6) is 0 Å². The lowest BCUT2D eigenvalue weighted by molar-refractivity contribution is 0.0991. The first-order chi connectivity index (χ1) is 10.4. The van der Waals surface area contributed by atoms with Gasteiger partial charge in [-0.3, -0.25) is 4.79 Å². The lowest BCUT2D eigenvalue weighted by Crippen LogP contribution is -2.29. The molecule has 3 nitrogen and oxygen atoms in total. The predicted octanol–water partition coefficient (Wildman–Crippen LogP) is 2.72. The topological polar surface area (TPSA) is 46.5 Å². The minimum atomic E-state index is -0.935. The summed E-state index contributed by atoms with van der Waals surface area (Å²) in [5, 5.41) is 10.6. The van der Waals surface area contributed by atoms with Gasteiger partial charge in [0.2, 0.25) is 0 Å². The first-order valence-electron chi connectivity index (χ1n) is 7.15. The van der Waals surface area contributed by atoms with Crippen molar-refractivity contribution in [3.63, 3.8) is 0 Å². The lowest BCUT2D eigenvalue weighted by atomic mass is 9.77. The smallest absolute Gasteiger partial charge is 0.423 e. The van der Waals surface area contributed by atoms with Crippen LogP contribution in [-0.2, 0) is 16.7 Å². The Balaban J connectivity index is 1.84. The molecule has 0 aliphatic carbocycles. The van der Waals surface area contributed by atoms with Crippen LogP contribution >= 0.6 is 11.6 Å². The number of fused-ring (bicyclic) bond motifs is 1. The second-order valence-electron chi connectivity index (χ2n) is 6.01. The SMILES string of the molecule is CC1(C)OB(O)c2cc(CC(=O)c3ccc(Cl)cc3)ccc21. The van der Waals surface area contributed by atoms with E-state index < -0.39 is 12.7 Å². The fourth-order valence-electron chi connectivity index (χ4n) is 2.80. The molecule has 0 fully saturated rings. The van der Waals surface area contributed by atoms with E-state index in [1.807, 2.05) is 32.0 Å². The number of halogens is 1. The van der Waals surface area contributed by atoms with Gasteiger partial charge in [-0.2, -0.15) is 0 Å². The Labute approximate surface area is 135 Å². The van der Waals surface area contributed by atoms with E-state index in [2.05, 4.69) is 0 Å². The molecule has 0 bridgehead atoms. The number of hydrogen-bond donors (Lipinski definition) is 1. The number of ketones is 1. The van der Waals surface area contributed by atoms with Gasteiger partial charge in [-0.05, 0) is 54.7 Å². The van der Waals surface area contributed by atoms with E-state index in [1.165, 1.54) is 0 Å². The fraction of sp³-hybridized carbons (Fsp3) is 0.235. The summed E-state index contributed by atoms with van der Waals surface area (Å²) in [6.07, 6.45) is 0.280. The molecule has 1 aliphatic heterocycles. The molecule has 0 radical (unpaired) electrons. The normalized spacial score (nSPS) is 15.7. The third kappa shape index (κ3) is 2.82. The first-order valence-corrected chi connectivity index (χ1v) is 7.52. The maximum Gasteiger partial charge on any atom is 0.492 e. The van der Waals surface area contributed by atoms with E-state index in [4.69, 9.17) is 16.3 Å². The van der Waals surface area contributed by atoms with Crippen molar-refractivity contribution in [1.29, 1.82) is 0 Å². The molecule has 2 aromatic rings. The second-order valence-corrected chi connectivity index (χ2v) is 6.45. The first kappa shape index (κ1) is 15.3. The Hall–Kier alpha value is -1.62. The third-order valence-electron chi connectivity index (χ3n) is 3.97. The highest BCUT2D eigenvalue weighted by molar-refractivity contribution is 6.62. The summed E-state index contributed by atoms with van der Waals surface area (Å²) in [5.41, 5.74) is 2.68. The van der Waals surface area contributed by atoms with Gasteiger partial charge in [-0.15, -0.1) is 0 Å². The molecule has 0 saturated carbocycles. The van der Waals surface area contributed by atoms with Crippen molar-refractivity contribution in [3.8, 4) is 0 Å². The largest absolute Gasteiger partial charge is 0.492 e. The van der Waals surface area contributed by atoms with Crippen LogP contribution in [0.3, 0.4) is 0 Å². The zero-order valence-electron chi connectivity index (χ0n) is 12.5. The van der Waals surface area contributed by atoms with Crippen molar-refractivity contribution in [3.05, 3.63) is 64.2 Å². The molecular weight excluding hydrogens is 298 g/mol. The monoisotopic (exact) mass is 314 g/mol. The van der Waals surface area contributed by atoms with Gasteiger partial charge in [0.05, 0.1) is 5.60 Å². The Morgan fingerprint density at radius 1 is 1.23 bits per heavy atom. The molecule has 112 valence electrons. The Bertz CT molecular complexity index is 725. The van der Waals surface area contributed by atoms with Gasteiger partial charge in [0.25, 0.3) is 0 Å². The Morgan fingerprint density at radius 3 is 2.59 bits per heavy atom. The maximum atomic E-state index is 12.3. The molecule has 2 aromatic carbocycles. The molecule has 0 amide bonds. The molecule has 0 atom stereocenters. The number of Topliss-reactive ketones (excluding diaryl/α,β-unsaturated/α-hetero) is 1. The Kier molecular flexibility index (Phi) is 3.85. The summed E-state index contributed by atoms with van der Waals surface area (Å²) in [4.78, 5) is 12.3. The van der Waals surface area contributed by atoms with Crippen LogP contribution in [0.1, 0.15) is 35.3 Å². The van der Waals surface area contributed by atoms with E-state index >= 15 is 0 Å². The van der Waals surface area contributed by atoms with E-state index in [1.54, 1.807) is 24.3 Å². The van der Waals surface area contributed by atoms with E-state index in [9.17, 15) is 9.82 Å². The molecule has 0 spiro atoms. The summed E-state index contributed by atoms with van der Waals surface area (Å²) < 4.78 is 5.53. The summed E-state index contributed by atoms with van der Waals surface area (Å²) in [7, 11) is -0.935. The van der Waals surface area contributed by atoms with Crippen LogP contribution in [0.4, 0.5) is 0 Å². The molecule has 0 saturated heterocycles. The van der Waals surface area contributed by atoms with Crippen LogP contribution in [0.25, 0.3) is 0 Å². The van der Waals surface area contributed by atoms with Crippen molar-refractivity contribution in [2.75, 3.05) is 0 Å². The minimum Gasteiger partial charge on any atom is -0.423 e. The van der Waals surface area contributed by atoms with Gasteiger partial charge < -0.3 is 9.68 Å². The molecule has 1 aliphatic rings. The fourth-order valence-corrected chi connectivity index (χ4v) is 2.93. The number of hydrogen-bond acceptors (Lipinski definition) is 3. The van der Waals surface area contributed by atoms with Crippen molar-refractivity contribution in [2.24, 2.45) is 0 Å². The van der Waals surface area contributed by atoms with Crippen LogP contribution in [-0.4, -0.2) is 17.9 Å². The van der Waals surface area contributed by atoms with Crippen LogP contribution in [0, 0.1) is 0 Å². The highest BCUT2D eigenvalue weighted by atomic mass is 35.5. The van der Waals surface area contributed by atoms with E-state index in [0.29, 0.717) is 10.6 Å². The van der Waals surface area contributed by atoms with Crippen LogP contribution in [0.2, 0.25) is 5.02 Å². The molecular formula is C17H16BClO3. The van der Waals surface area contributed by atoms with Gasteiger partial charge in [0, 0.05) is 17.0 Å². The van der Waals surface area contributed by atoms with Gasteiger partial charge in [0.15, 0.2) is 5.78 Å². The second kappa shape index (κ2) is 5.54. The summed E-state index contributed by atoms with van der Waals surface area (Å²) in [6.45, 7) is 3.83. The summed E-state index contributed by atoms with van der Waals surface area (Å²) in [6, 6.07) is 12.5. The van der Waals surface area contributed by atoms with Gasteiger partial charge in [0.1, 0.15) is 0 Å². The summed E-state index contributed by atoms with van der Waals surface area (Å²) in [5.74, 6) is 0.0179. The lowest BCUT2D eigenvalue weighted by Gasteiger charge is -2.19. The minimum absolute atomic E-state index is 0.0179. The molecule has 3 rings (SSSR count). The highest BCUT2D eigenvalue weighted by Gasteiger charge is 2.40. The third-order valence-corrected chi connectivity index (χ3v) is 4.22. The van der Waals surface area contributed by atoms with Crippen molar-refractivity contribution in [1.82, 2.24) is 0 Å². The van der Waals surface area contributed by atoms with Crippen LogP contribution < -0.4 is 5.46 Å². The summed E-state index contributed by atoms with van der Waals surface area (Å²) >= 11 is 5.83. The average molecular weight is 315 g/mol. The average Bonchev–Trinajstić information content (AvgIpc) is 2.69. The zero-order chi connectivity index (χ0) is 15.9. The zero-order valence-corrected chi connectivity index (χ0v) is 13.2. The van der Waals surface area contributed by atoms with Crippen molar-refractivity contribution in [2.45, 2.75) is 25.9 Å². The molecule has 5 heteroatoms. The Morgan fingerprint density at radius 2 is 1.91 bits per heavy atom. The maximum absolute atomic E-state index is 12.3. The molecule has 0 aromatic heterocycles. The number of carbonyl (C=O) groups is 1. The van der Waals surface area contributed by atoms with E-state index in [-0.39, 0.29) is 12.2 Å². The molecule has 1 N–H and O–H groups in total.